The highest BCUT2D eigenvalue weighted by Crippen LogP contribution is 2.50. The van der Waals surface area contributed by atoms with Crippen LogP contribution in [-0.2, 0) is 0 Å². The third-order valence-corrected chi connectivity index (χ3v) is 7.78. The molecule has 0 unspecified atom stereocenters. The molecule has 8 rings (SSSR count). The fourth-order valence-corrected chi connectivity index (χ4v) is 5.77. The van der Waals surface area contributed by atoms with Gasteiger partial charge in [0.2, 0.25) is 11.8 Å². The Morgan fingerprint density at radius 2 is 1.60 bits per heavy atom. The van der Waals surface area contributed by atoms with Crippen LogP contribution in [0.4, 0.5) is 0 Å². The van der Waals surface area contributed by atoms with E-state index < -0.39 is 0 Å². The van der Waals surface area contributed by atoms with Gasteiger partial charge < -0.3 is 14.6 Å². The summed E-state index contributed by atoms with van der Waals surface area (Å²) in [6, 6.07) is 29.4. The molecule has 4 aromatic carbocycles. The summed E-state index contributed by atoms with van der Waals surface area (Å²) in [6.45, 7) is 1.99. The number of para-hydroxylation sites is 1. The van der Waals surface area contributed by atoms with Crippen molar-refractivity contribution in [1.29, 1.82) is 0 Å². The molecule has 42 heavy (non-hydrogen) atoms. The number of aryl methyl sites for hydroxylation is 1. The lowest BCUT2D eigenvalue weighted by molar-refractivity contribution is 0.402. The molecule has 1 atom stereocenters. The zero-order chi connectivity index (χ0) is 28.4. The summed E-state index contributed by atoms with van der Waals surface area (Å²) in [7, 11) is 1.65. The fraction of sp³-hybridized carbons (Fsp3) is 0.0909. The van der Waals surface area contributed by atoms with Gasteiger partial charge in [-0.15, -0.1) is 5.10 Å². The molecule has 1 aliphatic heterocycles. The van der Waals surface area contributed by atoms with Gasteiger partial charge in [-0.05, 0) is 59.7 Å². The van der Waals surface area contributed by atoms with Crippen LogP contribution in [0.25, 0.3) is 33.5 Å². The van der Waals surface area contributed by atoms with Crippen molar-refractivity contribution in [3.63, 3.8) is 0 Å². The molecule has 3 aromatic heterocycles. The topological polar surface area (TPSA) is 99.6 Å². The van der Waals surface area contributed by atoms with E-state index >= 15 is 0 Å². The Balaban J connectivity index is 1.36. The van der Waals surface area contributed by atoms with E-state index in [1.54, 1.807) is 24.0 Å². The molecule has 9 heteroatoms. The van der Waals surface area contributed by atoms with E-state index in [0.29, 0.717) is 28.8 Å². The van der Waals surface area contributed by atoms with Crippen molar-refractivity contribution >= 4 is 16.4 Å². The van der Waals surface area contributed by atoms with Crippen LogP contribution in [0.2, 0.25) is 0 Å². The number of phenolic OH excluding ortho intramolecular Hbond substituents is 1. The number of hydrogen-bond acceptors (Lipinski definition) is 7. The Hall–Kier alpha value is -5.70. The zero-order valence-corrected chi connectivity index (χ0v) is 22.8. The van der Waals surface area contributed by atoms with E-state index in [1.807, 2.05) is 96.5 Å². The van der Waals surface area contributed by atoms with Crippen molar-refractivity contribution in [2.24, 2.45) is 0 Å². The maximum atomic E-state index is 10.9. The molecule has 0 spiro atoms. The average molecular weight is 553 g/mol. The number of benzene rings is 4. The second-order valence-electron chi connectivity index (χ2n) is 10.2. The molecule has 7 aromatic rings. The Bertz CT molecular complexity index is 2130. The molecule has 4 heterocycles. The van der Waals surface area contributed by atoms with Crippen molar-refractivity contribution < 1.29 is 14.6 Å². The Morgan fingerprint density at radius 1 is 0.857 bits per heavy atom. The Labute approximate surface area is 240 Å². The maximum Gasteiger partial charge on any atom is 0.230 e. The van der Waals surface area contributed by atoms with Crippen molar-refractivity contribution in [1.82, 2.24) is 29.4 Å². The summed E-state index contributed by atoms with van der Waals surface area (Å²) < 4.78 is 15.4. The molecule has 0 fully saturated rings. The van der Waals surface area contributed by atoms with Crippen LogP contribution in [0.15, 0.2) is 97.3 Å². The van der Waals surface area contributed by atoms with Crippen molar-refractivity contribution in [2.75, 3.05) is 7.11 Å². The first-order valence-electron chi connectivity index (χ1n) is 13.5. The van der Waals surface area contributed by atoms with Crippen LogP contribution in [0.5, 0.6) is 23.3 Å². The van der Waals surface area contributed by atoms with Crippen LogP contribution in [0.1, 0.15) is 28.3 Å². The van der Waals surface area contributed by atoms with Crippen LogP contribution >= 0.6 is 0 Å². The van der Waals surface area contributed by atoms with Crippen LogP contribution in [-0.4, -0.2) is 41.6 Å². The molecule has 0 saturated carbocycles. The number of nitrogens with zero attached hydrogens (tertiary/aromatic N) is 6. The normalized spacial score (nSPS) is 14.0. The quantitative estimate of drug-likeness (QED) is 0.268. The van der Waals surface area contributed by atoms with Gasteiger partial charge in [0.15, 0.2) is 11.5 Å². The smallest absolute Gasteiger partial charge is 0.230 e. The number of hydrogen-bond donors (Lipinski definition) is 1. The van der Waals surface area contributed by atoms with Gasteiger partial charge in [0, 0.05) is 0 Å². The Morgan fingerprint density at radius 3 is 2.36 bits per heavy atom. The molecule has 9 nitrogen and oxygen atoms in total. The minimum absolute atomic E-state index is 0.108. The van der Waals surface area contributed by atoms with E-state index in [1.165, 1.54) is 0 Å². The summed E-state index contributed by atoms with van der Waals surface area (Å²) in [5.74, 6) is 1.99. The lowest BCUT2D eigenvalue weighted by atomic mass is 9.84. The summed E-state index contributed by atoms with van der Waals surface area (Å²) in [6.07, 6.45) is 1.59. The first-order valence-corrected chi connectivity index (χ1v) is 13.5. The molecule has 204 valence electrons. The highest BCUT2D eigenvalue weighted by atomic mass is 16.5. The summed E-state index contributed by atoms with van der Waals surface area (Å²) in [4.78, 5) is 9.65. The van der Waals surface area contributed by atoms with Gasteiger partial charge >= 0.3 is 0 Å². The van der Waals surface area contributed by atoms with Crippen LogP contribution in [0, 0.1) is 6.92 Å². The predicted molar refractivity (Wildman–Crippen MR) is 158 cm³/mol. The van der Waals surface area contributed by atoms with Gasteiger partial charge in [-0.2, -0.15) is 5.10 Å². The Kier molecular flexibility index (Phi) is 5.27. The molecule has 0 aliphatic carbocycles. The van der Waals surface area contributed by atoms with Gasteiger partial charge in [-0.25, -0.2) is 19.2 Å². The number of ether oxygens (including phenoxy) is 2. The minimum atomic E-state index is -0.300. The second kappa shape index (κ2) is 9.17. The van der Waals surface area contributed by atoms with Gasteiger partial charge in [0.05, 0.1) is 41.1 Å². The van der Waals surface area contributed by atoms with Crippen LogP contribution < -0.4 is 9.47 Å². The maximum absolute atomic E-state index is 10.9. The first kappa shape index (κ1) is 24.1. The lowest BCUT2D eigenvalue weighted by Crippen LogP contribution is -2.16. The molecular formula is C33H24N6O3. The lowest BCUT2D eigenvalue weighted by Gasteiger charge is -2.26. The fourth-order valence-electron chi connectivity index (χ4n) is 5.77. The average Bonchev–Trinajstić information content (AvgIpc) is 3.61. The van der Waals surface area contributed by atoms with Gasteiger partial charge in [0.25, 0.3) is 0 Å². The van der Waals surface area contributed by atoms with Crippen molar-refractivity contribution in [3.05, 3.63) is 120 Å². The highest BCUT2D eigenvalue weighted by molar-refractivity contribution is 5.89. The summed E-state index contributed by atoms with van der Waals surface area (Å²) in [5.41, 5.74) is 5.53. The largest absolute Gasteiger partial charge is 0.507 e. The number of phenols is 1. The second-order valence-corrected chi connectivity index (χ2v) is 10.2. The molecule has 0 saturated heterocycles. The first-order chi connectivity index (χ1) is 20.6. The van der Waals surface area contributed by atoms with Gasteiger partial charge in [0.1, 0.15) is 17.8 Å². The van der Waals surface area contributed by atoms with Crippen LogP contribution in [0.3, 0.4) is 0 Å². The van der Waals surface area contributed by atoms with E-state index in [2.05, 4.69) is 4.98 Å². The van der Waals surface area contributed by atoms with Gasteiger partial charge in [-0.1, -0.05) is 54.6 Å². The third-order valence-electron chi connectivity index (χ3n) is 7.78. The highest BCUT2D eigenvalue weighted by Gasteiger charge is 2.38. The minimum Gasteiger partial charge on any atom is -0.507 e. The molecule has 0 amide bonds. The predicted octanol–water partition coefficient (Wildman–Crippen LogP) is 6.44. The van der Waals surface area contributed by atoms with E-state index in [9.17, 15) is 5.11 Å². The summed E-state index contributed by atoms with van der Waals surface area (Å²) >= 11 is 0. The third kappa shape index (κ3) is 3.63. The zero-order valence-electron chi connectivity index (χ0n) is 22.8. The number of fused-ring (bicyclic) bond motifs is 5. The van der Waals surface area contributed by atoms with E-state index in [4.69, 9.17) is 24.7 Å². The number of rotatable bonds is 4. The van der Waals surface area contributed by atoms with Crippen molar-refractivity contribution in [3.8, 4) is 40.3 Å². The molecule has 1 aliphatic rings. The molecule has 0 bridgehead atoms. The standard InChI is InChI=1S/C33H24N6O3/c1-19-27-28(20-12-14-24(41-2)15-13-20)29-31-35-30(25-16-21-8-6-7-9-22(21)17-26(25)40)37-38(31)18-34-32(29)42-33(27)39(36-19)23-10-4-3-5-11-23/h3-18,28,40H,1-2H3/t28-/m1/s1. The molecular weight excluding hydrogens is 528 g/mol. The van der Waals surface area contributed by atoms with E-state index in [0.717, 1.165) is 44.6 Å². The molecule has 0 radical (unpaired) electrons. The number of aromatic hydroxyl groups is 1. The molecule has 1 N–H and O–H groups in total. The van der Waals surface area contributed by atoms with Gasteiger partial charge in [-0.3, -0.25) is 0 Å². The SMILES string of the molecule is COc1ccc([C@@H]2c3c(C)nn(-c4ccccc4)c3Oc3ncn4nc(-c5cc6ccccc6cc5O)nc4c32)cc1. The number of aromatic nitrogens is 6. The number of methoxy groups -OCH3 is 1. The van der Waals surface area contributed by atoms with Crippen molar-refractivity contribution in [2.45, 2.75) is 12.8 Å². The van der Waals surface area contributed by atoms with E-state index in [-0.39, 0.29) is 11.7 Å². The monoisotopic (exact) mass is 552 g/mol. The summed E-state index contributed by atoms with van der Waals surface area (Å²) in [5, 5.41) is 22.5.